The van der Waals surface area contributed by atoms with Gasteiger partial charge in [-0.2, -0.15) is 13.2 Å². The molecule has 1 fully saturated rings. The largest absolute Gasteiger partial charge is 0.419 e. The van der Waals surface area contributed by atoms with Crippen molar-refractivity contribution in [2.75, 3.05) is 26.7 Å². The molecule has 10 heteroatoms. The molecule has 3 aromatic rings. The molecule has 37 heavy (non-hydrogen) atoms. The number of piperidine rings is 1. The number of halogens is 4. The van der Waals surface area contributed by atoms with Crippen molar-refractivity contribution in [3.63, 3.8) is 0 Å². The predicted molar refractivity (Wildman–Crippen MR) is 134 cm³/mol. The Hall–Kier alpha value is -3.24. The van der Waals surface area contributed by atoms with Crippen molar-refractivity contribution in [3.8, 4) is 0 Å². The van der Waals surface area contributed by atoms with Crippen LogP contribution in [0.5, 0.6) is 0 Å². The van der Waals surface area contributed by atoms with E-state index in [2.05, 4.69) is 15.5 Å². The molecule has 6 nitrogen and oxygen atoms in total. The van der Waals surface area contributed by atoms with Crippen LogP contribution in [-0.4, -0.2) is 48.1 Å². The molecule has 0 saturated carbocycles. The zero-order chi connectivity index (χ0) is 26.7. The highest BCUT2D eigenvalue weighted by Crippen LogP contribution is 2.31. The van der Waals surface area contributed by atoms with E-state index in [4.69, 9.17) is 0 Å². The van der Waals surface area contributed by atoms with Crippen LogP contribution >= 0.6 is 0 Å². The molecule has 1 aromatic heterocycles. The first kappa shape index (κ1) is 26.8. The maximum absolute atomic E-state index is 13.8. The number of hydrogen-bond donors (Lipinski definition) is 2. The van der Waals surface area contributed by atoms with Gasteiger partial charge < -0.3 is 20.1 Å². The Labute approximate surface area is 212 Å². The molecule has 1 aliphatic heterocycles. The summed E-state index contributed by atoms with van der Waals surface area (Å²) in [5.41, 5.74) is 1.07. The lowest BCUT2D eigenvalue weighted by Crippen LogP contribution is -2.43. The maximum Gasteiger partial charge on any atom is 0.419 e. The van der Waals surface area contributed by atoms with Gasteiger partial charge in [0.05, 0.1) is 16.6 Å². The van der Waals surface area contributed by atoms with Gasteiger partial charge in [-0.05, 0) is 62.2 Å². The normalized spacial score (nSPS) is 15.3. The van der Waals surface area contributed by atoms with E-state index in [1.165, 1.54) is 19.2 Å². The summed E-state index contributed by atoms with van der Waals surface area (Å²) in [7, 11) is 1.54. The molecule has 0 radical (unpaired) electrons. The summed E-state index contributed by atoms with van der Waals surface area (Å²) in [4.78, 5) is 27.4. The van der Waals surface area contributed by atoms with E-state index in [9.17, 15) is 27.2 Å². The monoisotopic (exact) mass is 518 g/mol. The van der Waals surface area contributed by atoms with Gasteiger partial charge >= 0.3 is 6.18 Å². The molecule has 1 saturated heterocycles. The Morgan fingerprint density at radius 2 is 1.78 bits per heavy atom. The zero-order valence-corrected chi connectivity index (χ0v) is 20.8. The maximum atomic E-state index is 13.8. The number of aryl methyl sites for hydroxylation is 1. The molecular formula is C27H30F4N4O2. The molecule has 2 aromatic carbocycles. The van der Waals surface area contributed by atoms with Gasteiger partial charge in [-0.25, -0.2) is 4.39 Å². The van der Waals surface area contributed by atoms with E-state index in [0.29, 0.717) is 24.2 Å². The van der Waals surface area contributed by atoms with Crippen molar-refractivity contribution in [1.82, 2.24) is 20.1 Å². The molecule has 198 valence electrons. The van der Waals surface area contributed by atoms with Crippen LogP contribution in [0, 0.1) is 12.7 Å². The van der Waals surface area contributed by atoms with Gasteiger partial charge in [0.25, 0.3) is 11.5 Å². The molecule has 1 amide bonds. The van der Waals surface area contributed by atoms with Crippen LogP contribution in [0.4, 0.5) is 17.6 Å². The van der Waals surface area contributed by atoms with Gasteiger partial charge in [0.15, 0.2) is 0 Å². The fourth-order valence-electron chi connectivity index (χ4n) is 4.81. The molecular weight excluding hydrogens is 488 g/mol. The Balaban J connectivity index is 1.34. The second kappa shape index (κ2) is 11.0. The van der Waals surface area contributed by atoms with Gasteiger partial charge in [0.1, 0.15) is 5.82 Å². The number of hydrogen-bond acceptors (Lipinski definition) is 4. The van der Waals surface area contributed by atoms with E-state index in [1.54, 1.807) is 4.57 Å². The molecule has 1 aliphatic rings. The highest BCUT2D eigenvalue weighted by Gasteiger charge is 2.33. The number of aromatic nitrogens is 1. The summed E-state index contributed by atoms with van der Waals surface area (Å²) in [6, 6.07) is 10.3. The third-order valence-corrected chi connectivity index (χ3v) is 6.90. The average Bonchev–Trinajstić information content (AvgIpc) is 2.86. The number of carbonyl (C=O) groups is 1. The number of nitrogens with zero attached hydrogens (tertiary/aromatic N) is 2. The van der Waals surface area contributed by atoms with Gasteiger partial charge in [-0.1, -0.05) is 18.2 Å². The number of benzene rings is 2. The number of carbonyl (C=O) groups excluding carboxylic acids is 1. The number of pyridine rings is 1. The fraction of sp³-hybridized carbons (Fsp3) is 0.407. The Morgan fingerprint density at radius 3 is 2.43 bits per heavy atom. The van der Waals surface area contributed by atoms with E-state index < -0.39 is 17.6 Å². The first-order valence-corrected chi connectivity index (χ1v) is 12.2. The lowest BCUT2D eigenvalue weighted by Gasteiger charge is -2.32. The second-order valence-electron chi connectivity index (χ2n) is 9.46. The van der Waals surface area contributed by atoms with Crippen LogP contribution in [0.1, 0.15) is 39.9 Å². The summed E-state index contributed by atoms with van der Waals surface area (Å²) in [5, 5.41) is 6.63. The minimum Gasteiger partial charge on any atom is -0.355 e. The number of fused-ring (bicyclic) bond motifs is 1. The molecule has 0 atom stereocenters. The number of alkyl halides is 3. The number of amides is 1. The Morgan fingerprint density at radius 1 is 1.05 bits per heavy atom. The van der Waals surface area contributed by atoms with Crippen molar-refractivity contribution in [1.29, 1.82) is 0 Å². The van der Waals surface area contributed by atoms with Crippen LogP contribution in [0.2, 0.25) is 0 Å². The van der Waals surface area contributed by atoms with E-state index >= 15 is 0 Å². The first-order chi connectivity index (χ1) is 17.6. The molecule has 2 heterocycles. The van der Waals surface area contributed by atoms with Crippen molar-refractivity contribution in [2.45, 2.75) is 45.1 Å². The minimum absolute atomic E-state index is 0.166. The summed E-state index contributed by atoms with van der Waals surface area (Å²) >= 11 is 0. The molecule has 0 aliphatic carbocycles. The lowest BCUT2D eigenvalue weighted by molar-refractivity contribution is -0.140. The van der Waals surface area contributed by atoms with E-state index in [1.807, 2.05) is 25.1 Å². The molecule has 0 spiro atoms. The highest BCUT2D eigenvalue weighted by molar-refractivity contribution is 6.06. The highest BCUT2D eigenvalue weighted by atomic mass is 19.4. The third kappa shape index (κ3) is 6.19. The smallest absolute Gasteiger partial charge is 0.355 e. The summed E-state index contributed by atoms with van der Waals surface area (Å²) in [6.45, 7) is 4.97. The van der Waals surface area contributed by atoms with Gasteiger partial charge in [-0.3, -0.25) is 9.59 Å². The fourth-order valence-corrected chi connectivity index (χ4v) is 4.81. The van der Waals surface area contributed by atoms with Crippen molar-refractivity contribution in [2.24, 2.45) is 0 Å². The van der Waals surface area contributed by atoms with E-state index in [0.717, 1.165) is 54.5 Å². The first-order valence-electron chi connectivity index (χ1n) is 12.2. The number of rotatable bonds is 7. The van der Waals surface area contributed by atoms with E-state index in [-0.39, 0.29) is 24.1 Å². The van der Waals surface area contributed by atoms with Crippen LogP contribution in [0.15, 0.2) is 47.3 Å². The predicted octanol–water partition coefficient (Wildman–Crippen LogP) is 4.08. The third-order valence-electron chi connectivity index (χ3n) is 6.90. The molecule has 0 unspecified atom stereocenters. The topological polar surface area (TPSA) is 66.4 Å². The number of nitrogens with one attached hydrogen (secondary N) is 2. The summed E-state index contributed by atoms with van der Waals surface area (Å²) in [6.07, 6.45) is -3.05. The number of likely N-dealkylation sites (tertiary alicyclic amines) is 1. The van der Waals surface area contributed by atoms with Crippen LogP contribution in [0.25, 0.3) is 10.9 Å². The summed E-state index contributed by atoms with van der Waals surface area (Å²) < 4.78 is 53.8. The average molecular weight is 519 g/mol. The van der Waals surface area contributed by atoms with Crippen molar-refractivity contribution in [3.05, 3.63) is 80.9 Å². The summed E-state index contributed by atoms with van der Waals surface area (Å²) in [5.74, 6) is -1.56. The molecule has 2 N–H and O–H groups in total. The van der Waals surface area contributed by atoms with Crippen LogP contribution in [0.3, 0.4) is 0 Å². The van der Waals surface area contributed by atoms with Crippen molar-refractivity contribution < 1.29 is 22.4 Å². The van der Waals surface area contributed by atoms with Crippen molar-refractivity contribution >= 4 is 16.8 Å². The van der Waals surface area contributed by atoms with Gasteiger partial charge in [0.2, 0.25) is 0 Å². The SMILES string of the molecule is CNC(=O)c1cc(=O)n(CCN2CCC(NCc3ccc(C(F)(F)F)c(F)c3)CC2)c2cc(C)ccc12. The Kier molecular flexibility index (Phi) is 7.99. The zero-order valence-electron chi connectivity index (χ0n) is 20.8. The standard InChI is InChI=1S/C27H30F4N4O2/c1-17-3-5-20-21(26(37)32-2)15-25(36)35(24(20)13-17)12-11-34-9-7-19(8-10-34)33-16-18-4-6-22(23(28)14-18)27(29,30)31/h3-6,13-15,19,33H,7-12,16H2,1-2H3,(H,32,37). The van der Waals surface area contributed by atoms with Gasteiger partial charge in [0, 0.05) is 44.2 Å². The second-order valence-corrected chi connectivity index (χ2v) is 9.46. The quantitative estimate of drug-likeness (QED) is 0.463. The van der Waals surface area contributed by atoms with Gasteiger partial charge in [-0.15, -0.1) is 0 Å². The molecule has 4 rings (SSSR count). The van der Waals surface area contributed by atoms with Crippen LogP contribution in [-0.2, 0) is 19.3 Å². The minimum atomic E-state index is -4.70. The molecule has 0 bridgehead atoms. The lowest BCUT2D eigenvalue weighted by atomic mass is 10.0. The van der Waals surface area contributed by atoms with Crippen LogP contribution < -0.4 is 16.2 Å². The Bertz CT molecular complexity index is 1340.